The van der Waals surface area contributed by atoms with Gasteiger partial charge in [-0.15, -0.1) is 0 Å². The van der Waals surface area contributed by atoms with Crippen molar-refractivity contribution in [2.75, 3.05) is 19.1 Å². The third-order valence-corrected chi connectivity index (χ3v) is 5.15. The Bertz CT molecular complexity index is 555. The second-order valence-corrected chi connectivity index (χ2v) is 6.63. The Morgan fingerprint density at radius 3 is 2.83 bits per heavy atom. The van der Waals surface area contributed by atoms with E-state index in [1.165, 1.54) is 0 Å². The van der Waals surface area contributed by atoms with Crippen molar-refractivity contribution in [2.45, 2.75) is 19.4 Å². The highest BCUT2D eigenvalue weighted by molar-refractivity contribution is 7.89. The number of rotatable bonds is 2. The molecule has 3 rings (SSSR count). The van der Waals surface area contributed by atoms with Gasteiger partial charge in [-0.05, 0) is 30.5 Å². The molecule has 2 aliphatic rings. The van der Waals surface area contributed by atoms with Gasteiger partial charge in [-0.25, -0.2) is 8.42 Å². The minimum Gasteiger partial charge on any atom is -0.454 e. The summed E-state index contributed by atoms with van der Waals surface area (Å²) < 4.78 is 35.8. The third kappa shape index (κ3) is 2.18. The van der Waals surface area contributed by atoms with E-state index in [4.69, 9.17) is 9.47 Å². The van der Waals surface area contributed by atoms with Crippen molar-refractivity contribution >= 4 is 10.0 Å². The van der Waals surface area contributed by atoms with Crippen molar-refractivity contribution in [3.8, 4) is 11.5 Å². The molecule has 0 amide bonds. The molecule has 0 radical (unpaired) electrons. The molecule has 2 heterocycles. The van der Waals surface area contributed by atoms with Crippen LogP contribution in [0.2, 0.25) is 0 Å². The van der Waals surface area contributed by atoms with Crippen molar-refractivity contribution in [2.24, 2.45) is 0 Å². The molecule has 0 bridgehead atoms. The molecule has 1 aromatic carbocycles. The van der Waals surface area contributed by atoms with Crippen molar-refractivity contribution in [3.05, 3.63) is 23.8 Å². The zero-order valence-corrected chi connectivity index (χ0v) is 10.8. The normalized spacial score (nSPS) is 22.0. The van der Waals surface area contributed by atoms with Crippen molar-refractivity contribution in [3.63, 3.8) is 0 Å². The lowest BCUT2D eigenvalue weighted by molar-refractivity contribution is 0.174. The standard InChI is InChI=1S/C12H15NO4S/c14-18(15)6-2-1-5-13(18)8-10-3-4-11-12(7-10)17-9-16-11/h3-4,7H,1-2,5-6,8-9H2. The summed E-state index contributed by atoms with van der Waals surface area (Å²) in [4.78, 5) is 0. The van der Waals surface area contributed by atoms with Gasteiger partial charge in [0, 0.05) is 13.1 Å². The molecule has 0 saturated carbocycles. The number of ether oxygens (including phenoxy) is 2. The van der Waals surface area contributed by atoms with E-state index in [9.17, 15) is 8.42 Å². The second-order valence-electron chi connectivity index (χ2n) is 4.54. The van der Waals surface area contributed by atoms with Gasteiger partial charge in [0.05, 0.1) is 5.75 Å². The summed E-state index contributed by atoms with van der Waals surface area (Å²) in [7, 11) is -3.07. The van der Waals surface area contributed by atoms with Crippen LogP contribution in [0, 0.1) is 0 Å². The Hall–Kier alpha value is -1.27. The Morgan fingerprint density at radius 2 is 2.00 bits per heavy atom. The summed E-state index contributed by atoms with van der Waals surface area (Å²) in [5.74, 6) is 1.68. The maximum Gasteiger partial charge on any atom is 0.231 e. The molecule has 98 valence electrons. The molecule has 0 aliphatic carbocycles. The number of fused-ring (bicyclic) bond motifs is 1. The van der Waals surface area contributed by atoms with Crippen LogP contribution in [-0.2, 0) is 16.6 Å². The summed E-state index contributed by atoms with van der Waals surface area (Å²) in [6.07, 6.45) is 1.70. The topological polar surface area (TPSA) is 55.8 Å². The van der Waals surface area contributed by atoms with Crippen LogP contribution in [0.15, 0.2) is 18.2 Å². The van der Waals surface area contributed by atoms with Crippen LogP contribution in [0.1, 0.15) is 18.4 Å². The molecule has 2 aliphatic heterocycles. The van der Waals surface area contributed by atoms with Crippen LogP contribution < -0.4 is 9.47 Å². The number of hydrogen-bond acceptors (Lipinski definition) is 4. The van der Waals surface area contributed by atoms with Crippen LogP contribution in [0.4, 0.5) is 0 Å². The first-order chi connectivity index (χ1) is 8.65. The Balaban J connectivity index is 1.80. The highest BCUT2D eigenvalue weighted by Crippen LogP contribution is 2.33. The van der Waals surface area contributed by atoms with Crippen LogP contribution in [0.25, 0.3) is 0 Å². The van der Waals surface area contributed by atoms with Gasteiger partial charge in [-0.1, -0.05) is 6.07 Å². The van der Waals surface area contributed by atoms with E-state index >= 15 is 0 Å². The lowest BCUT2D eigenvalue weighted by atomic mass is 10.2. The average Bonchev–Trinajstić information content (AvgIpc) is 2.79. The SMILES string of the molecule is O=S1(=O)CCCCN1Cc1ccc2c(c1)OCO2. The minimum atomic E-state index is -3.07. The number of hydrogen-bond donors (Lipinski definition) is 0. The smallest absolute Gasteiger partial charge is 0.231 e. The lowest BCUT2D eigenvalue weighted by Crippen LogP contribution is -2.37. The molecular formula is C12H15NO4S. The molecule has 0 aromatic heterocycles. The molecule has 5 nitrogen and oxygen atoms in total. The van der Waals surface area contributed by atoms with Gasteiger partial charge in [0.15, 0.2) is 11.5 Å². The van der Waals surface area contributed by atoms with Crippen molar-refractivity contribution in [1.82, 2.24) is 4.31 Å². The van der Waals surface area contributed by atoms with Gasteiger partial charge < -0.3 is 9.47 Å². The second kappa shape index (κ2) is 4.44. The maximum absolute atomic E-state index is 11.9. The van der Waals surface area contributed by atoms with Gasteiger partial charge in [0.25, 0.3) is 0 Å². The number of nitrogens with zero attached hydrogens (tertiary/aromatic N) is 1. The van der Waals surface area contributed by atoms with Gasteiger partial charge >= 0.3 is 0 Å². The van der Waals surface area contributed by atoms with E-state index in [0.717, 1.165) is 24.2 Å². The van der Waals surface area contributed by atoms with E-state index in [-0.39, 0.29) is 12.5 Å². The molecule has 1 fully saturated rings. The quantitative estimate of drug-likeness (QED) is 0.813. The van der Waals surface area contributed by atoms with E-state index < -0.39 is 10.0 Å². The first-order valence-corrected chi connectivity index (χ1v) is 7.62. The Kier molecular flexibility index (Phi) is 2.91. The molecule has 1 saturated heterocycles. The van der Waals surface area contributed by atoms with Crippen LogP contribution in [-0.4, -0.2) is 31.8 Å². The van der Waals surface area contributed by atoms with Gasteiger partial charge in [0.1, 0.15) is 0 Å². The monoisotopic (exact) mass is 269 g/mol. The van der Waals surface area contributed by atoms with Gasteiger partial charge in [0.2, 0.25) is 16.8 Å². The maximum atomic E-state index is 11.9. The fourth-order valence-corrected chi connectivity index (χ4v) is 3.84. The summed E-state index contributed by atoms with van der Waals surface area (Å²) >= 11 is 0. The zero-order valence-electron chi connectivity index (χ0n) is 9.96. The molecule has 6 heteroatoms. The third-order valence-electron chi connectivity index (χ3n) is 3.25. The van der Waals surface area contributed by atoms with Crippen molar-refractivity contribution < 1.29 is 17.9 Å². The fraction of sp³-hybridized carbons (Fsp3) is 0.500. The van der Waals surface area contributed by atoms with Crippen molar-refractivity contribution in [1.29, 1.82) is 0 Å². The predicted octanol–water partition coefficient (Wildman–Crippen LogP) is 1.34. The molecular weight excluding hydrogens is 254 g/mol. The minimum absolute atomic E-state index is 0.237. The molecule has 0 atom stereocenters. The Labute approximate surface area is 106 Å². The largest absolute Gasteiger partial charge is 0.454 e. The number of sulfonamides is 1. The molecule has 0 unspecified atom stereocenters. The van der Waals surface area contributed by atoms with E-state index in [0.29, 0.717) is 18.8 Å². The van der Waals surface area contributed by atoms with Gasteiger partial charge in [-0.3, -0.25) is 0 Å². The van der Waals surface area contributed by atoms with E-state index in [1.54, 1.807) is 4.31 Å². The summed E-state index contributed by atoms with van der Waals surface area (Å²) in [6, 6.07) is 5.57. The van der Waals surface area contributed by atoms with E-state index in [1.807, 2.05) is 18.2 Å². The molecule has 18 heavy (non-hydrogen) atoms. The van der Waals surface area contributed by atoms with Crippen LogP contribution >= 0.6 is 0 Å². The van der Waals surface area contributed by atoms with Crippen LogP contribution in [0.5, 0.6) is 11.5 Å². The first-order valence-electron chi connectivity index (χ1n) is 6.01. The van der Waals surface area contributed by atoms with Gasteiger partial charge in [-0.2, -0.15) is 4.31 Å². The predicted molar refractivity (Wildman–Crippen MR) is 66.0 cm³/mol. The lowest BCUT2D eigenvalue weighted by Gasteiger charge is -2.26. The molecule has 0 spiro atoms. The highest BCUT2D eigenvalue weighted by Gasteiger charge is 2.26. The molecule has 0 N–H and O–H groups in total. The van der Waals surface area contributed by atoms with E-state index in [2.05, 4.69) is 0 Å². The van der Waals surface area contributed by atoms with Crippen LogP contribution in [0.3, 0.4) is 0 Å². The first kappa shape index (κ1) is 11.8. The number of benzene rings is 1. The highest BCUT2D eigenvalue weighted by atomic mass is 32.2. The zero-order chi connectivity index (χ0) is 12.6. The summed E-state index contributed by atoms with van der Waals surface area (Å²) in [5.41, 5.74) is 0.935. The Morgan fingerprint density at radius 1 is 1.17 bits per heavy atom. The average molecular weight is 269 g/mol. The fourth-order valence-electron chi connectivity index (χ4n) is 2.26. The summed E-state index contributed by atoms with van der Waals surface area (Å²) in [5, 5.41) is 0. The molecule has 1 aromatic rings. The summed E-state index contributed by atoms with van der Waals surface area (Å²) in [6.45, 7) is 1.26.